The first-order chi connectivity index (χ1) is 9.92. The zero-order chi connectivity index (χ0) is 15.8. The molecule has 0 bridgehead atoms. The second-order valence-electron chi connectivity index (χ2n) is 4.91. The van der Waals surface area contributed by atoms with Crippen molar-refractivity contribution in [2.24, 2.45) is 5.73 Å². The minimum absolute atomic E-state index is 0.0982. The Labute approximate surface area is 124 Å². The first-order valence-corrected chi connectivity index (χ1v) is 6.52. The number of benzene rings is 1. The fraction of sp³-hybridized carbons (Fsp3) is 0.429. The van der Waals surface area contributed by atoms with Crippen LogP contribution >= 0.6 is 0 Å². The van der Waals surface area contributed by atoms with Crippen molar-refractivity contribution in [1.82, 2.24) is 4.90 Å². The smallest absolute Gasteiger partial charge is 0.243 e. The molecule has 0 spiro atoms. The Morgan fingerprint density at radius 3 is 2.19 bits per heavy atom. The number of carbonyl (C=O) groups excluding carboxylic acids is 2. The molecule has 1 aromatic rings. The standard InChI is InChI=1S/C14H22N4O3/c1-18(2)8-13(19)16-10-4-6-11(7-5-10)17-14(20)12(15)9-21-3/h4-7,12H,8-9,15H2,1-3H3,(H,16,19)(H,17,20). The Morgan fingerprint density at radius 2 is 1.71 bits per heavy atom. The molecule has 7 heteroatoms. The summed E-state index contributed by atoms with van der Waals surface area (Å²) < 4.78 is 4.82. The zero-order valence-electron chi connectivity index (χ0n) is 12.6. The molecule has 0 radical (unpaired) electrons. The van der Waals surface area contributed by atoms with Gasteiger partial charge >= 0.3 is 0 Å². The van der Waals surface area contributed by atoms with Gasteiger partial charge in [-0.05, 0) is 38.4 Å². The van der Waals surface area contributed by atoms with Crippen molar-refractivity contribution >= 4 is 23.2 Å². The Morgan fingerprint density at radius 1 is 1.19 bits per heavy atom. The van der Waals surface area contributed by atoms with Crippen molar-refractivity contribution in [3.8, 4) is 0 Å². The molecular formula is C14H22N4O3. The van der Waals surface area contributed by atoms with Crippen molar-refractivity contribution in [3.05, 3.63) is 24.3 Å². The Bertz CT molecular complexity index is 474. The third-order valence-corrected chi connectivity index (χ3v) is 2.58. The van der Waals surface area contributed by atoms with Gasteiger partial charge in [-0.2, -0.15) is 0 Å². The molecule has 0 saturated heterocycles. The lowest BCUT2D eigenvalue weighted by molar-refractivity contribution is -0.118. The van der Waals surface area contributed by atoms with Crippen LogP contribution in [0.3, 0.4) is 0 Å². The van der Waals surface area contributed by atoms with Crippen molar-refractivity contribution < 1.29 is 14.3 Å². The highest BCUT2D eigenvalue weighted by Crippen LogP contribution is 2.13. The van der Waals surface area contributed by atoms with Crippen molar-refractivity contribution in [2.75, 3.05) is 45.0 Å². The van der Waals surface area contributed by atoms with Gasteiger partial charge in [-0.15, -0.1) is 0 Å². The van der Waals surface area contributed by atoms with E-state index in [1.165, 1.54) is 7.11 Å². The van der Waals surface area contributed by atoms with Gasteiger partial charge in [0.1, 0.15) is 6.04 Å². The van der Waals surface area contributed by atoms with Gasteiger partial charge in [0.25, 0.3) is 0 Å². The van der Waals surface area contributed by atoms with E-state index in [0.29, 0.717) is 17.9 Å². The summed E-state index contributed by atoms with van der Waals surface area (Å²) in [6, 6.07) is 6.11. The molecule has 4 N–H and O–H groups in total. The number of ether oxygens (including phenoxy) is 1. The molecule has 0 saturated carbocycles. The lowest BCUT2D eigenvalue weighted by atomic mass is 10.2. The van der Waals surface area contributed by atoms with Crippen LogP contribution in [0.5, 0.6) is 0 Å². The highest BCUT2D eigenvalue weighted by Gasteiger charge is 2.13. The predicted octanol–water partition coefficient (Wildman–Crippen LogP) is 0.0989. The highest BCUT2D eigenvalue weighted by molar-refractivity contribution is 5.95. The molecule has 7 nitrogen and oxygen atoms in total. The van der Waals surface area contributed by atoms with Gasteiger partial charge in [0.15, 0.2) is 0 Å². The number of rotatable bonds is 7. The Balaban J connectivity index is 2.54. The van der Waals surface area contributed by atoms with Gasteiger partial charge in [0.2, 0.25) is 11.8 Å². The molecule has 2 amide bonds. The lowest BCUT2D eigenvalue weighted by Crippen LogP contribution is -2.39. The number of anilines is 2. The van der Waals surface area contributed by atoms with Crippen molar-refractivity contribution in [3.63, 3.8) is 0 Å². The fourth-order valence-electron chi connectivity index (χ4n) is 1.61. The lowest BCUT2D eigenvalue weighted by Gasteiger charge is -2.12. The van der Waals surface area contributed by atoms with Crippen LogP contribution in [-0.2, 0) is 14.3 Å². The maximum absolute atomic E-state index is 11.7. The molecule has 21 heavy (non-hydrogen) atoms. The van der Waals surface area contributed by atoms with Crippen LogP contribution in [0.15, 0.2) is 24.3 Å². The number of hydrogen-bond donors (Lipinski definition) is 3. The van der Waals surface area contributed by atoms with E-state index >= 15 is 0 Å². The summed E-state index contributed by atoms with van der Waals surface area (Å²) in [4.78, 5) is 25.1. The number of likely N-dealkylation sites (N-methyl/N-ethyl adjacent to an activating group) is 1. The molecule has 0 heterocycles. The van der Waals surface area contributed by atoms with Crippen LogP contribution in [0.2, 0.25) is 0 Å². The third-order valence-electron chi connectivity index (χ3n) is 2.58. The highest BCUT2D eigenvalue weighted by atomic mass is 16.5. The summed E-state index contributed by atoms with van der Waals surface area (Å²) in [6.07, 6.45) is 0. The Hall–Kier alpha value is -1.96. The van der Waals surface area contributed by atoms with E-state index < -0.39 is 6.04 Å². The molecule has 1 atom stereocenters. The van der Waals surface area contributed by atoms with E-state index in [0.717, 1.165) is 0 Å². The van der Waals surface area contributed by atoms with Crippen LogP contribution in [0.25, 0.3) is 0 Å². The summed E-state index contributed by atoms with van der Waals surface area (Å²) >= 11 is 0. The molecule has 0 aliphatic heterocycles. The first kappa shape index (κ1) is 17.1. The number of nitrogens with one attached hydrogen (secondary N) is 2. The summed E-state index contributed by atoms with van der Waals surface area (Å²) in [5.74, 6) is -0.417. The third kappa shape index (κ3) is 6.35. The normalized spacial score (nSPS) is 12.0. The molecule has 0 fully saturated rings. The first-order valence-electron chi connectivity index (χ1n) is 6.52. The largest absolute Gasteiger partial charge is 0.383 e. The van der Waals surface area contributed by atoms with Crippen molar-refractivity contribution in [2.45, 2.75) is 6.04 Å². The van der Waals surface area contributed by atoms with Gasteiger partial charge in [0, 0.05) is 18.5 Å². The minimum atomic E-state index is -0.713. The summed E-state index contributed by atoms with van der Waals surface area (Å²) in [6.45, 7) is 0.467. The number of hydrogen-bond acceptors (Lipinski definition) is 5. The molecule has 0 aliphatic rings. The topological polar surface area (TPSA) is 96.7 Å². The van der Waals surface area contributed by atoms with E-state index in [1.54, 1.807) is 29.2 Å². The molecule has 0 aromatic heterocycles. The van der Waals surface area contributed by atoms with E-state index in [9.17, 15) is 9.59 Å². The van der Waals surface area contributed by atoms with Gasteiger partial charge in [-0.1, -0.05) is 0 Å². The molecule has 1 aromatic carbocycles. The Kier molecular flexibility index (Phi) is 6.80. The van der Waals surface area contributed by atoms with Crippen LogP contribution in [0.4, 0.5) is 11.4 Å². The second-order valence-corrected chi connectivity index (χ2v) is 4.91. The van der Waals surface area contributed by atoms with Gasteiger partial charge < -0.3 is 26.0 Å². The fourth-order valence-corrected chi connectivity index (χ4v) is 1.61. The van der Waals surface area contributed by atoms with Crippen molar-refractivity contribution in [1.29, 1.82) is 0 Å². The number of carbonyl (C=O) groups is 2. The quantitative estimate of drug-likeness (QED) is 0.662. The number of methoxy groups -OCH3 is 1. The molecule has 1 unspecified atom stereocenters. The second kappa shape index (κ2) is 8.35. The number of amides is 2. The van der Waals surface area contributed by atoms with E-state index in [1.807, 2.05) is 14.1 Å². The monoisotopic (exact) mass is 294 g/mol. The van der Waals surface area contributed by atoms with Crippen LogP contribution < -0.4 is 16.4 Å². The molecule has 0 aliphatic carbocycles. The van der Waals surface area contributed by atoms with Crippen LogP contribution in [-0.4, -0.2) is 57.1 Å². The average Bonchev–Trinajstić information content (AvgIpc) is 2.40. The summed E-state index contributed by atoms with van der Waals surface area (Å²) in [7, 11) is 5.13. The van der Waals surface area contributed by atoms with E-state index in [2.05, 4.69) is 10.6 Å². The molecule has 116 valence electrons. The maximum atomic E-state index is 11.7. The average molecular weight is 294 g/mol. The van der Waals surface area contributed by atoms with Gasteiger partial charge in [-0.3, -0.25) is 9.59 Å². The van der Waals surface area contributed by atoms with Crippen LogP contribution in [0, 0.1) is 0 Å². The zero-order valence-corrected chi connectivity index (χ0v) is 12.6. The maximum Gasteiger partial charge on any atom is 0.243 e. The number of nitrogens with two attached hydrogens (primary N) is 1. The van der Waals surface area contributed by atoms with Crippen LogP contribution in [0.1, 0.15) is 0 Å². The molecular weight excluding hydrogens is 272 g/mol. The van der Waals surface area contributed by atoms with E-state index in [-0.39, 0.29) is 18.4 Å². The summed E-state index contributed by atoms with van der Waals surface area (Å²) in [5.41, 5.74) is 6.90. The van der Waals surface area contributed by atoms with E-state index in [4.69, 9.17) is 10.5 Å². The minimum Gasteiger partial charge on any atom is -0.383 e. The van der Waals surface area contributed by atoms with Gasteiger partial charge in [0.05, 0.1) is 13.2 Å². The predicted molar refractivity (Wildman–Crippen MR) is 82.1 cm³/mol. The number of nitrogens with zero attached hydrogens (tertiary/aromatic N) is 1. The summed E-state index contributed by atoms with van der Waals surface area (Å²) in [5, 5.41) is 5.43. The molecule has 1 rings (SSSR count). The SMILES string of the molecule is COCC(N)C(=O)Nc1ccc(NC(=O)CN(C)C)cc1. The van der Waals surface area contributed by atoms with Gasteiger partial charge in [-0.25, -0.2) is 0 Å².